The topological polar surface area (TPSA) is 69.7 Å². The van der Waals surface area contributed by atoms with Crippen LogP contribution >= 0.6 is 0 Å². The summed E-state index contributed by atoms with van der Waals surface area (Å²) >= 11 is 0. The second-order valence-corrected chi connectivity index (χ2v) is 7.00. The molecule has 0 rings (SSSR count). The van der Waals surface area contributed by atoms with Crippen LogP contribution < -0.4 is 0 Å². The number of hydrogen-bond donors (Lipinski definition) is 0. The van der Waals surface area contributed by atoms with E-state index in [1.54, 1.807) is 34.6 Å². The van der Waals surface area contributed by atoms with Crippen molar-refractivity contribution < 1.29 is 22.1 Å². The van der Waals surface area contributed by atoms with Gasteiger partial charge in [0.05, 0.1) is 18.3 Å². The van der Waals surface area contributed by atoms with Crippen molar-refractivity contribution in [3.63, 3.8) is 0 Å². The van der Waals surface area contributed by atoms with E-state index in [-0.39, 0.29) is 6.61 Å². The molecule has 0 spiro atoms. The van der Waals surface area contributed by atoms with E-state index in [0.717, 1.165) is 6.26 Å². The summed E-state index contributed by atoms with van der Waals surface area (Å²) in [5, 5.41) is 0. The Bertz CT molecular complexity index is 348. The Kier molecular flexibility index (Phi) is 4.53. The van der Waals surface area contributed by atoms with Crippen LogP contribution in [0.2, 0.25) is 0 Å². The Labute approximate surface area is 97.2 Å². The van der Waals surface area contributed by atoms with Gasteiger partial charge in [-0.15, -0.1) is 0 Å². The SMILES string of the molecule is CC(C)(C)OC(=O)C(C)(C)COS(C)(=O)=O. The summed E-state index contributed by atoms with van der Waals surface area (Å²) in [7, 11) is -3.54. The highest BCUT2D eigenvalue weighted by atomic mass is 32.2. The average molecular weight is 252 g/mol. The minimum Gasteiger partial charge on any atom is -0.459 e. The maximum atomic E-state index is 11.7. The Hall–Kier alpha value is -0.620. The van der Waals surface area contributed by atoms with Gasteiger partial charge >= 0.3 is 5.97 Å². The molecule has 0 aromatic rings. The molecule has 0 aromatic carbocycles. The van der Waals surface area contributed by atoms with Crippen molar-refractivity contribution in [1.29, 1.82) is 0 Å². The fourth-order valence-corrected chi connectivity index (χ4v) is 1.24. The fourth-order valence-electron chi connectivity index (χ4n) is 0.730. The van der Waals surface area contributed by atoms with Gasteiger partial charge in [0.1, 0.15) is 5.60 Å². The predicted octanol–water partition coefficient (Wildman–Crippen LogP) is 1.33. The molecule has 0 saturated heterocycles. The van der Waals surface area contributed by atoms with E-state index in [1.807, 2.05) is 0 Å². The van der Waals surface area contributed by atoms with Gasteiger partial charge in [0.2, 0.25) is 0 Å². The van der Waals surface area contributed by atoms with E-state index < -0.39 is 27.1 Å². The zero-order chi connectivity index (χ0) is 13.2. The summed E-state index contributed by atoms with van der Waals surface area (Å²) in [6.45, 7) is 8.18. The third kappa shape index (κ3) is 6.79. The van der Waals surface area contributed by atoms with Crippen molar-refractivity contribution in [1.82, 2.24) is 0 Å². The number of hydrogen-bond acceptors (Lipinski definition) is 5. The molecule has 0 aromatic heterocycles. The van der Waals surface area contributed by atoms with Gasteiger partial charge in [-0.25, -0.2) is 0 Å². The molecule has 0 heterocycles. The fraction of sp³-hybridized carbons (Fsp3) is 0.900. The van der Waals surface area contributed by atoms with Crippen LogP contribution in [-0.4, -0.2) is 32.9 Å². The van der Waals surface area contributed by atoms with Crippen molar-refractivity contribution in [2.75, 3.05) is 12.9 Å². The number of esters is 1. The lowest BCUT2D eigenvalue weighted by atomic mass is 9.95. The van der Waals surface area contributed by atoms with Gasteiger partial charge < -0.3 is 4.74 Å². The molecule has 0 atom stereocenters. The molecular weight excluding hydrogens is 232 g/mol. The van der Waals surface area contributed by atoms with E-state index in [4.69, 9.17) is 4.74 Å². The standard InChI is InChI=1S/C10H20O5S/c1-9(2,3)15-8(11)10(4,5)7-14-16(6,12)13/h7H2,1-6H3. The molecule has 0 N–H and O–H groups in total. The van der Waals surface area contributed by atoms with Crippen LogP contribution in [-0.2, 0) is 23.8 Å². The zero-order valence-corrected chi connectivity index (χ0v) is 11.5. The summed E-state index contributed by atoms with van der Waals surface area (Å²) in [6.07, 6.45) is 0.943. The first-order valence-electron chi connectivity index (χ1n) is 4.91. The van der Waals surface area contributed by atoms with E-state index in [9.17, 15) is 13.2 Å². The minimum absolute atomic E-state index is 0.221. The van der Waals surface area contributed by atoms with Crippen molar-refractivity contribution >= 4 is 16.1 Å². The first kappa shape index (κ1) is 15.4. The van der Waals surface area contributed by atoms with Crippen LogP contribution in [0.3, 0.4) is 0 Å². The van der Waals surface area contributed by atoms with E-state index in [2.05, 4.69) is 4.18 Å². The quantitative estimate of drug-likeness (QED) is 0.557. The maximum Gasteiger partial charge on any atom is 0.314 e. The highest BCUT2D eigenvalue weighted by Crippen LogP contribution is 2.22. The summed E-state index contributed by atoms with van der Waals surface area (Å²) in [4.78, 5) is 11.7. The Morgan fingerprint density at radius 1 is 1.12 bits per heavy atom. The van der Waals surface area contributed by atoms with Crippen LogP contribution in [0.1, 0.15) is 34.6 Å². The Morgan fingerprint density at radius 3 is 1.88 bits per heavy atom. The van der Waals surface area contributed by atoms with E-state index >= 15 is 0 Å². The van der Waals surface area contributed by atoms with E-state index in [1.165, 1.54) is 0 Å². The second kappa shape index (κ2) is 4.71. The molecule has 16 heavy (non-hydrogen) atoms. The number of ether oxygens (including phenoxy) is 1. The maximum absolute atomic E-state index is 11.7. The molecule has 0 saturated carbocycles. The smallest absolute Gasteiger partial charge is 0.314 e. The third-order valence-electron chi connectivity index (χ3n) is 1.59. The molecule has 0 aliphatic carbocycles. The van der Waals surface area contributed by atoms with Gasteiger partial charge in [-0.1, -0.05) is 0 Å². The summed E-state index contributed by atoms with van der Waals surface area (Å²) in [6, 6.07) is 0. The van der Waals surface area contributed by atoms with Gasteiger partial charge in [0, 0.05) is 0 Å². The minimum atomic E-state index is -3.54. The van der Waals surface area contributed by atoms with Crippen LogP contribution in [0.15, 0.2) is 0 Å². The van der Waals surface area contributed by atoms with Gasteiger partial charge in [-0.05, 0) is 34.6 Å². The first-order valence-corrected chi connectivity index (χ1v) is 6.73. The highest BCUT2D eigenvalue weighted by Gasteiger charge is 2.34. The van der Waals surface area contributed by atoms with Gasteiger partial charge in [0.15, 0.2) is 0 Å². The molecule has 0 fully saturated rings. The lowest BCUT2D eigenvalue weighted by molar-refractivity contribution is -0.167. The number of carbonyl (C=O) groups is 1. The molecule has 0 aliphatic heterocycles. The lowest BCUT2D eigenvalue weighted by Gasteiger charge is -2.27. The van der Waals surface area contributed by atoms with Crippen LogP contribution in [0, 0.1) is 5.41 Å². The first-order chi connectivity index (χ1) is 6.83. The number of rotatable bonds is 4. The molecule has 0 unspecified atom stereocenters. The van der Waals surface area contributed by atoms with Crippen molar-refractivity contribution in [3.8, 4) is 0 Å². The highest BCUT2D eigenvalue weighted by molar-refractivity contribution is 7.85. The molecule has 0 aliphatic rings. The predicted molar refractivity (Wildman–Crippen MR) is 60.4 cm³/mol. The summed E-state index contributed by atoms with van der Waals surface area (Å²) in [5.41, 5.74) is -1.59. The van der Waals surface area contributed by atoms with Gasteiger partial charge in [-0.3, -0.25) is 8.98 Å². The zero-order valence-electron chi connectivity index (χ0n) is 10.7. The Morgan fingerprint density at radius 2 is 1.56 bits per heavy atom. The van der Waals surface area contributed by atoms with Crippen molar-refractivity contribution in [2.24, 2.45) is 5.41 Å². The molecule has 6 heteroatoms. The molecule has 0 amide bonds. The Balaban J connectivity index is 4.50. The largest absolute Gasteiger partial charge is 0.459 e. The van der Waals surface area contributed by atoms with Crippen molar-refractivity contribution in [2.45, 2.75) is 40.2 Å². The third-order valence-corrected chi connectivity index (χ3v) is 2.13. The van der Waals surface area contributed by atoms with Crippen LogP contribution in [0.4, 0.5) is 0 Å². The van der Waals surface area contributed by atoms with Gasteiger partial charge in [-0.2, -0.15) is 8.42 Å². The van der Waals surface area contributed by atoms with Crippen molar-refractivity contribution in [3.05, 3.63) is 0 Å². The molecule has 0 bridgehead atoms. The van der Waals surface area contributed by atoms with Gasteiger partial charge in [0.25, 0.3) is 10.1 Å². The normalized spacial score (nSPS) is 13.6. The average Bonchev–Trinajstić information content (AvgIpc) is 1.96. The van der Waals surface area contributed by atoms with Crippen LogP contribution in [0.5, 0.6) is 0 Å². The molecule has 5 nitrogen and oxygen atoms in total. The van der Waals surface area contributed by atoms with E-state index in [0.29, 0.717) is 0 Å². The molecule has 96 valence electrons. The van der Waals surface area contributed by atoms with Crippen LogP contribution in [0.25, 0.3) is 0 Å². The summed E-state index contributed by atoms with van der Waals surface area (Å²) in [5.74, 6) is -0.483. The summed E-state index contributed by atoms with van der Waals surface area (Å²) < 4.78 is 31.4. The lowest BCUT2D eigenvalue weighted by Crippen LogP contribution is -2.37. The molecule has 0 radical (unpaired) electrons. The molecular formula is C10H20O5S. The monoisotopic (exact) mass is 252 g/mol. The number of carbonyl (C=O) groups excluding carboxylic acids is 1. The second-order valence-electron chi connectivity index (χ2n) is 5.35.